The van der Waals surface area contributed by atoms with Crippen LogP contribution in [0.3, 0.4) is 0 Å². The molecule has 84 valence electrons. The Balaban J connectivity index is 2.79. The normalized spacial score (nSPS) is 21.8. The Morgan fingerprint density at radius 2 is 2.07 bits per heavy atom. The van der Waals surface area contributed by atoms with Gasteiger partial charge in [-0.3, -0.25) is 0 Å². The molecule has 0 aliphatic heterocycles. The van der Waals surface area contributed by atoms with Crippen LogP contribution in [0, 0.1) is 5.92 Å². The van der Waals surface area contributed by atoms with Gasteiger partial charge in [0.15, 0.2) is 0 Å². The van der Waals surface area contributed by atoms with Crippen molar-refractivity contribution < 1.29 is 4.43 Å². The zero-order chi connectivity index (χ0) is 11.6. The standard InChI is InChI=1S/C13H22OSi/c1-10(2)12-8-7-11(3)13(9-12)14-15(4,5)6/h7-8,12H,1,9H2,2-6H3. The Labute approximate surface area is 94.7 Å². The maximum atomic E-state index is 6.10. The summed E-state index contributed by atoms with van der Waals surface area (Å²) in [6.45, 7) is 14.9. The van der Waals surface area contributed by atoms with E-state index < -0.39 is 8.32 Å². The lowest BCUT2D eigenvalue weighted by Crippen LogP contribution is -2.26. The fraction of sp³-hybridized carbons (Fsp3) is 0.538. The van der Waals surface area contributed by atoms with Gasteiger partial charge >= 0.3 is 0 Å². The molecule has 0 heterocycles. The summed E-state index contributed by atoms with van der Waals surface area (Å²) in [5.74, 6) is 1.63. The predicted molar refractivity (Wildman–Crippen MR) is 69.2 cm³/mol. The monoisotopic (exact) mass is 222 g/mol. The molecule has 0 aromatic heterocycles. The molecule has 1 aliphatic carbocycles. The Kier molecular flexibility index (Phi) is 3.61. The molecular formula is C13H22OSi. The van der Waals surface area contributed by atoms with Crippen molar-refractivity contribution in [2.45, 2.75) is 39.9 Å². The number of rotatable bonds is 3. The van der Waals surface area contributed by atoms with Gasteiger partial charge in [0.2, 0.25) is 8.32 Å². The van der Waals surface area contributed by atoms with Crippen LogP contribution in [0.5, 0.6) is 0 Å². The topological polar surface area (TPSA) is 9.23 Å². The molecule has 0 amide bonds. The highest BCUT2D eigenvalue weighted by molar-refractivity contribution is 6.70. The average molecular weight is 222 g/mol. The SMILES string of the molecule is C=C(C)C1C=CC(C)=C(O[Si](C)(C)C)C1. The van der Waals surface area contributed by atoms with Gasteiger partial charge in [-0.2, -0.15) is 0 Å². The van der Waals surface area contributed by atoms with Gasteiger partial charge in [0.25, 0.3) is 0 Å². The van der Waals surface area contributed by atoms with E-state index >= 15 is 0 Å². The highest BCUT2D eigenvalue weighted by Gasteiger charge is 2.22. The molecule has 15 heavy (non-hydrogen) atoms. The summed E-state index contributed by atoms with van der Waals surface area (Å²) < 4.78 is 6.10. The van der Waals surface area contributed by atoms with Gasteiger partial charge in [-0.1, -0.05) is 24.3 Å². The van der Waals surface area contributed by atoms with Crippen LogP contribution in [-0.2, 0) is 4.43 Å². The van der Waals surface area contributed by atoms with E-state index in [2.05, 4.69) is 52.2 Å². The van der Waals surface area contributed by atoms with E-state index in [4.69, 9.17) is 4.43 Å². The summed E-state index contributed by atoms with van der Waals surface area (Å²) in [6, 6.07) is 0. The molecule has 1 nitrogen and oxygen atoms in total. The molecule has 1 unspecified atom stereocenters. The summed E-state index contributed by atoms with van der Waals surface area (Å²) in [5.41, 5.74) is 2.49. The van der Waals surface area contributed by atoms with Gasteiger partial charge < -0.3 is 4.43 Å². The first-order chi connectivity index (χ1) is 6.79. The van der Waals surface area contributed by atoms with Crippen molar-refractivity contribution in [3.8, 4) is 0 Å². The molecular weight excluding hydrogens is 200 g/mol. The number of hydrogen-bond donors (Lipinski definition) is 0. The first kappa shape index (κ1) is 12.3. The zero-order valence-electron chi connectivity index (χ0n) is 10.6. The molecule has 2 heteroatoms. The molecule has 0 bridgehead atoms. The highest BCUT2D eigenvalue weighted by Crippen LogP contribution is 2.30. The lowest BCUT2D eigenvalue weighted by atomic mass is 9.91. The molecule has 1 rings (SSSR count). The summed E-state index contributed by atoms with van der Waals surface area (Å²) in [4.78, 5) is 0. The van der Waals surface area contributed by atoms with E-state index in [0.29, 0.717) is 5.92 Å². The minimum Gasteiger partial charge on any atom is -0.547 e. The third kappa shape index (κ3) is 3.71. The van der Waals surface area contributed by atoms with Gasteiger partial charge in [-0.05, 0) is 39.1 Å². The fourth-order valence-corrected chi connectivity index (χ4v) is 2.60. The molecule has 1 atom stereocenters. The molecule has 1 aliphatic rings. The first-order valence-electron chi connectivity index (χ1n) is 5.52. The maximum Gasteiger partial charge on any atom is 0.241 e. The average Bonchev–Trinajstić information content (AvgIpc) is 2.06. The molecule has 0 aromatic carbocycles. The van der Waals surface area contributed by atoms with E-state index in [1.807, 2.05) is 0 Å². The number of allylic oxidation sites excluding steroid dienone is 5. The molecule has 0 fully saturated rings. The van der Waals surface area contributed by atoms with Gasteiger partial charge in [0, 0.05) is 12.3 Å². The summed E-state index contributed by atoms with van der Waals surface area (Å²) in [6.07, 6.45) is 5.38. The maximum absolute atomic E-state index is 6.10. The molecule has 0 aromatic rings. The van der Waals surface area contributed by atoms with E-state index in [9.17, 15) is 0 Å². The molecule has 0 saturated carbocycles. The minimum atomic E-state index is -1.47. The van der Waals surface area contributed by atoms with Gasteiger partial charge in [-0.15, -0.1) is 0 Å². The van der Waals surface area contributed by atoms with Gasteiger partial charge in [-0.25, -0.2) is 0 Å². The Hall–Kier alpha value is -0.763. The van der Waals surface area contributed by atoms with Crippen LogP contribution in [0.25, 0.3) is 0 Å². The second-order valence-corrected chi connectivity index (χ2v) is 9.77. The quantitative estimate of drug-likeness (QED) is 0.512. The summed E-state index contributed by atoms with van der Waals surface area (Å²) in [5, 5.41) is 0. The lowest BCUT2D eigenvalue weighted by molar-refractivity contribution is 0.379. The van der Waals surface area contributed by atoms with Crippen LogP contribution in [0.4, 0.5) is 0 Å². The highest BCUT2D eigenvalue weighted by atomic mass is 28.4. The third-order valence-corrected chi connectivity index (χ3v) is 3.34. The van der Waals surface area contributed by atoms with Crippen LogP contribution < -0.4 is 0 Å². The van der Waals surface area contributed by atoms with Crippen LogP contribution in [0.1, 0.15) is 20.3 Å². The molecule has 0 N–H and O–H groups in total. The second-order valence-electron chi connectivity index (χ2n) is 5.34. The Bertz CT molecular complexity index is 318. The van der Waals surface area contributed by atoms with E-state index in [-0.39, 0.29) is 0 Å². The van der Waals surface area contributed by atoms with Crippen molar-refractivity contribution >= 4 is 8.32 Å². The lowest BCUT2D eigenvalue weighted by Gasteiger charge is -2.28. The molecule has 0 spiro atoms. The van der Waals surface area contributed by atoms with Gasteiger partial charge in [0.1, 0.15) is 0 Å². The Morgan fingerprint density at radius 3 is 2.53 bits per heavy atom. The van der Waals surface area contributed by atoms with Crippen LogP contribution in [0.15, 0.2) is 35.6 Å². The van der Waals surface area contributed by atoms with E-state index in [1.165, 1.54) is 16.9 Å². The smallest absolute Gasteiger partial charge is 0.241 e. The van der Waals surface area contributed by atoms with Crippen LogP contribution in [0.2, 0.25) is 19.6 Å². The van der Waals surface area contributed by atoms with E-state index in [0.717, 1.165) is 6.42 Å². The van der Waals surface area contributed by atoms with Crippen molar-refractivity contribution in [3.05, 3.63) is 35.6 Å². The van der Waals surface area contributed by atoms with Gasteiger partial charge in [0.05, 0.1) is 5.76 Å². The predicted octanol–water partition coefficient (Wildman–Crippen LogP) is 4.26. The minimum absolute atomic E-state index is 0.458. The Morgan fingerprint density at radius 1 is 1.47 bits per heavy atom. The largest absolute Gasteiger partial charge is 0.547 e. The van der Waals surface area contributed by atoms with Crippen molar-refractivity contribution in [2.24, 2.45) is 5.92 Å². The molecule has 0 radical (unpaired) electrons. The molecule has 0 saturated heterocycles. The van der Waals surface area contributed by atoms with Crippen LogP contribution >= 0.6 is 0 Å². The van der Waals surface area contributed by atoms with Crippen molar-refractivity contribution in [2.75, 3.05) is 0 Å². The second kappa shape index (κ2) is 4.39. The zero-order valence-corrected chi connectivity index (χ0v) is 11.6. The number of hydrogen-bond acceptors (Lipinski definition) is 1. The fourth-order valence-electron chi connectivity index (χ4n) is 1.61. The van der Waals surface area contributed by atoms with E-state index in [1.54, 1.807) is 0 Å². The van der Waals surface area contributed by atoms with Crippen LogP contribution in [-0.4, -0.2) is 8.32 Å². The first-order valence-corrected chi connectivity index (χ1v) is 8.93. The van der Waals surface area contributed by atoms with Crippen molar-refractivity contribution in [1.29, 1.82) is 0 Å². The third-order valence-electron chi connectivity index (χ3n) is 2.49. The van der Waals surface area contributed by atoms with Crippen molar-refractivity contribution in [1.82, 2.24) is 0 Å². The summed E-state index contributed by atoms with van der Waals surface area (Å²) >= 11 is 0. The van der Waals surface area contributed by atoms with Crippen molar-refractivity contribution in [3.63, 3.8) is 0 Å². The summed E-state index contributed by atoms with van der Waals surface area (Å²) in [7, 11) is -1.47.